The van der Waals surface area contributed by atoms with E-state index < -0.39 is 30.4 Å². The highest BCUT2D eigenvalue weighted by Gasteiger charge is 2.31. The molecule has 0 aromatic heterocycles. The molecule has 6 nitrogen and oxygen atoms in total. The van der Waals surface area contributed by atoms with Gasteiger partial charge in [-0.2, -0.15) is 0 Å². The van der Waals surface area contributed by atoms with Gasteiger partial charge in [0.25, 0.3) is 5.91 Å². The normalized spacial score (nSPS) is 17.7. The standard InChI is InChI=1S/C15H16Cl2N2O4/c16-9-4-5-11(17)10(7-9)15(22)23-8-13(20)19-6-2-1-3-12(19)14(18)21/h4-5,7,12H,1-3,6,8H2,(H2,18,21)/t12-/m0/s1. The molecule has 0 unspecified atom stereocenters. The second-order valence-electron chi connectivity index (χ2n) is 5.20. The van der Waals surface area contributed by atoms with Crippen LogP contribution in [0.1, 0.15) is 29.6 Å². The highest BCUT2D eigenvalue weighted by Crippen LogP contribution is 2.22. The molecule has 1 heterocycles. The number of hydrogen-bond acceptors (Lipinski definition) is 4. The van der Waals surface area contributed by atoms with Crippen molar-refractivity contribution in [1.82, 2.24) is 4.90 Å². The quantitative estimate of drug-likeness (QED) is 0.833. The summed E-state index contributed by atoms with van der Waals surface area (Å²) in [6, 6.07) is 3.72. The topological polar surface area (TPSA) is 89.7 Å². The van der Waals surface area contributed by atoms with Gasteiger partial charge in [-0.05, 0) is 37.5 Å². The number of primary amides is 1. The van der Waals surface area contributed by atoms with Crippen LogP contribution in [0, 0.1) is 0 Å². The summed E-state index contributed by atoms with van der Waals surface area (Å²) >= 11 is 11.7. The third kappa shape index (κ3) is 4.36. The van der Waals surface area contributed by atoms with Gasteiger partial charge in [0, 0.05) is 11.6 Å². The second-order valence-corrected chi connectivity index (χ2v) is 6.05. The summed E-state index contributed by atoms with van der Waals surface area (Å²) in [6.45, 7) is -0.0621. The number of halogens is 2. The molecule has 2 rings (SSSR count). The van der Waals surface area contributed by atoms with Gasteiger partial charge in [-0.3, -0.25) is 9.59 Å². The van der Waals surface area contributed by atoms with Crippen molar-refractivity contribution in [2.45, 2.75) is 25.3 Å². The Balaban J connectivity index is 1.99. The largest absolute Gasteiger partial charge is 0.452 e. The van der Waals surface area contributed by atoms with Gasteiger partial charge in [0.1, 0.15) is 6.04 Å². The lowest BCUT2D eigenvalue weighted by atomic mass is 10.0. The van der Waals surface area contributed by atoms with Crippen LogP contribution >= 0.6 is 23.2 Å². The van der Waals surface area contributed by atoms with Crippen molar-refractivity contribution >= 4 is 41.0 Å². The SMILES string of the molecule is NC(=O)[C@@H]1CCCCN1C(=O)COC(=O)c1cc(Cl)ccc1Cl. The number of carbonyl (C=O) groups excluding carboxylic acids is 3. The second kappa shape index (κ2) is 7.66. The summed E-state index contributed by atoms with van der Waals surface area (Å²) in [7, 11) is 0. The molecule has 2 amide bonds. The van der Waals surface area contributed by atoms with E-state index >= 15 is 0 Å². The third-order valence-corrected chi connectivity index (χ3v) is 4.19. The van der Waals surface area contributed by atoms with E-state index in [4.69, 9.17) is 33.7 Å². The number of nitrogens with two attached hydrogens (primary N) is 1. The summed E-state index contributed by atoms with van der Waals surface area (Å²) in [5, 5.41) is 0.511. The lowest BCUT2D eigenvalue weighted by molar-refractivity contribution is -0.143. The Bertz CT molecular complexity index is 636. The molecule has 1 saturated heterocycles. The molecule has 0 saturated carbocycles. The number of hydrogen-bond donors (Lipinski definition) is 1. The molecule has 1 atom stereocenters. The lowest BCUT2D eigenvalue weighted by Crippen LogP contribution is -2.51. The highest BCUT2D eigenvalue weighted by molar-refractivity contribution is 6.35. The molecule has 23 heavy (non-hydrogen) atoms. The third-order valence-electron chi connectivity index (χ3n) is 3.63. The zero-order chi connectivity index (χ0) is 17.0. The van der Waals surface area contributed by atoms with Gasteiger partial charge in [0.2, 0.25) is 5.91 Å². The highest BCUT2D eigenvalue weighted by atomic mass is 35.5. The average molecular weight is 359 g/mol. The van der Waals surface area contributed by atoms with Crippen LogP contribution in [-0.2, 0) is 14.3 Å². The first kappa shape index (κ1) is 17.6. The molecular weight excluding hydrogens is 343 g/mol. The van der Waals surface area contributed by atoms with Crippen LogP contribution < -0.4 is 5.73 Å². The molecule has 0 aliphatic carbocycles. The summed E-state index contributed by atoms with van der Waals surface area (Å²) in [5.41, 5.74) is 5.39. The zero-order valence-electron chi connectivity index (χ0n) is 12.3. The Morgan fingerprint density at radius 1 is 1.26 bits per heavy atom. The number of ether oxygens (including phenoxy) is 1. The number of piperidine rings is 1. The lowest BCUT2D eigenvalue weighted by Gasteiger charge is -2.33. The molecule has 8 heteroatoms. The first-order chi connectivity index (χ1) is 10.9. The van der Waals surface area contributed by atoms with Gasteiger partial charge >= 0.3 is 5.97 Å². The van der Waals surface area contributed by atoms with Crippen molar-refractivity contribution in [2.24, 2.45) is 5.73 Å². The summed E-state index contributed by atoms with van der Waals surface area (Å²) in [5.74, 6) is -1.76. The van der Waals surface area contributed by atoms with Crippen molar-refractivity contribution < 1.29 is 19.1 Å². The molecular formula is C15H16Cl2N2O4. The van der Waals surface area contributed by atoms with E-state index in [1.807, 2.05) is 0 Å². The molecule has 1 aliphatic rings. The molecule has 0 spiro atoms. The van der Waals surface area contributed by atoms with Gasteiger partial charge in [0.05, 0.1) is 10.6 Å². The van der Waals surface area contributed by atoms with Crippen LogP contribution in [-0.4, -0.2) is 41.9 Å². The maximum atomic E-state index is 12.2. The number of amides is 2. The molecule has 0 radical (unpaired) electrons. The van der Waals surface area contributed by atoms with Crippen molar-refractivity contribution in [3.63, 3.8) is 0 Å². The number of benzene rings is 1. The molecule has 2 N–H and O–H groups in total. The van der Waals surface area contributed by atoms with Crippen LogP contribution in [0.5, 0.6) is 0 Å². The predicted octanol–water partition coefficient (Wildman–Crippen LogP) is 2.02. The minimum atomic E-state index is -0.751. The molecule has 1 aromatic carbocycles. The van der Waals surface area contributed by atoms with E-state index in [-0.39, 0.29) is 10.6 Å². The molecule has 0 bridgehead atoms. The van der Waals surface area contributed by atoms with Gasteiger partial charge in [-0.1, -0.05) is 23.2 Å². The number of likely N-dealkylation sites (tertiary alicyclic amines) is 1. The first-order valence-electron chi connectivity index (χ1n) is 7.11. The maximum Gasteiger partial charge on any atom is 0.340 e. The van der Waals surface area contributed by atoms with Gasteiger partial charge < -0.3 is 15.4 Å². The van der Waals surface area contributed by atoms with Crippen LogP contribution in [0.2, 0.25) is 10.0 Å². The minimum Gasteiger partial charge on any atom is -0.452 e. The van der Waals surface area contributed by atoms with Crippen molar-refractivity contribution in [1.29, 1.82) is 0 Å². The molecule has 1 aromatic rings. The van der Waals surface area contributed by atoms with Gasteiger partial charge in [0.15, 0.2) is 6.61 Å². The monoisotopic (exact) mass is 358 g/mol. The van der Waals surface area contributed by atoms with Crippen LogP contribution in [0.3, 0.4) is 0 Å². The minimum absolute atomic E-state index is 0.0806. The van der Waals surface area contributed by atoms with Crippen molar-refractivity contribution in [2.75, 3.05) is 13.2 Å². The zero-order valence-corrected chi connectivity index (χ0v) is 13.8. The van der Waals surface area contributed by atoms with Crippen LogP contribution in [0.15, 0.2) is 18.2 Å². The van der Waals surface area contributed by atoms with Crippen LogP contribution in [0.25, 0.3) is 0 Å². The van der Waals surface area contributed by atoms with Crippen molar-refractivity contribution in [3.8, 4) is 0 Å². The van der Waals surface area contributed by atoms with E-state index in [2.05, 4.69) is 0 Å². The first-order valence-corrected chi connectivity index (χ1v) is 7.86. The fourth-order valence-electron chi connectivity index (χ4n) is 2.47. The Kier molecular flexibility index (Phi) is 5.85. The Morgan fingerprint density at radius 2 is 2.00 bits per heavy atom. The number of nitrogens with zero attached hydrogens (tertiary/aromatic N) is 1. The number of carbonyl (C=O) groups is 3. The average Bonchev–Trinajstić information content (AvgIpc) is 2.54. The van der Waals surface area contributed by atoms with Crippen LogP contribution in [0.4, 0.5) is 0 Å². The fraction of sp³-hybridized carbons (Fsp3) is 0.400. The van der Waals surface area contributed by atoms with E-state index in [0.717, 1.165) is 12.8 Å². The number of rotatable bonds is 4. The maximum absolute atomic E-state index is 12.2. The Morgan fingerprint density at radius 3 is 2.70 bits per heavy atom. The summed E-state index contributed by atoms with van der Waals surface area (Å²) in [6.07, 6.45) is 2.13. The Labute approximate surface area is 143 Å². The van der Waals surface area contributed by atoms with E-state index in [9.17, 15) is 14.4 Å². The molecule has 1 aliphatic heterocycles. The number of esters is 1. The fourth-order valence-corrected chi connectivity index (χ4v) is 2.83. The molecule has 124 valence electrons. The molecule has 1 fully saturated rings. The van der Waals surface area contributed by atoms with Gasteiger partial charge in [-0.15, -0.1) is 0 Å². The van der Waals surface area contributed by atoms with E-state index in [1.165, 1.54) is 23.1 Å². The summed E-state index contributed by atoms with van der Waals surface area (Å²) < 4.78 is 4.98. The smallest absolute Gasteiger partial charge is 0.340 e. The van der Waals surface area contributed by atoms with Crippen molar-refractivity contribution in [3.05, 3.63) is 33.8 Å². The summed E-state index contributed by atoms with van der Waals surface area (Å²) in [4.78, 5) is 36.9. The van der Waals surface area contributed by atoms with Gasteiger partial charge in [-0.25, -0.2) is 4.79 Å². The Hall–Kier alpha value is -1.79. The van der Waals surface area contributed by atoms with E-state index in [1.54, 1.807) is 0 Å². The predicted molar refractivity (Wildman–Crippen MR) is 85.3 cm³/mol. The van der Waals surface area contributed by atoms with E-state index in [0.29, 0.717) is 18.0 Å².